The second kappa shape index (κ2) is 5.63. The first-order valence-electron chi connectivity index (χ1n) is 3.10. The molecule has 0 aliphatic carbocycles. The fraction of sp³-hybridized carbons (Fsp3) is 0.600. The lowest BCUT2D eigenvalue weighted by atomic mass is 10.4. The van der Waals surface area contributed by atoms with E-state index >= 15 is 0 Å². The molecule has 0 aliphatic rings. The van der Waals surface area contributed by atoms with Gasteiger partial charge in [-0.15, -0.1) is 0 Å². The first-order chi connectivity index (χ1) is 5.16. The van der Waals surface area contributed by atoms with Crippen LogP contribution >= 0.6 is 0 Å². The number of nitrogens with one attached hydrogen (secondary N) is 2. The van der Waals surface area contributed by atoms with E-state index in [4.69, 9.17) is 10.8 Å². The second-order valence-electron chi connectivity index (χ2n) is 1.82. The highest BCUT2D eigenvalue weighted by Gasteiger charge is 1.97. The molecule has 0 rings (SSSR count). The third kappa shape index (κ3) is 6.75. The van der Waals surface area contributed by atoms with E-state index in [0.29, 0.717) is 0 Å². The molecular weight excluding hydrogens is 150 g/mol. The number of carboxylic acids is 1. The zero-order valence-electron chi connectivity index (χ0n) is 5.96. The summed E-state index contributed by atoms with van der Waals surface area (Å²) in [5.74, 6) is -1.28. The molecule has 0 fully saturated rings. The van der Waals surface area contributed by atoms with E-state index in [0.717, 1.165) is 0 Å². The third-order valence-electron chi connectivity index (χ3n) is 0.877. The van der Waals surface area contributed by atoms with Crippen LogP contribution in [0.1, 0.15) is 6.42 Å². The van der Waals surface area contributed by atoms with Crippen molar-refractivity contribution in [1.29, 1.82) is 0 Å². The van der Waals surface area contributed by atoms with Crippen molar-refractivity contribution in [3.05, 3.63) is 0 Å². The molecule has 0 aliphatic heterocycles. The Balaban J connectivity index is 3.14. The summed E-state index contributed by atoms with van der Waals surface area (Å²) in [6.07, 6.45) is -0.0369. The summed E-state index contributed by atoms with van der Waals surface area (Å²) in [4.78, 5) is 20.3. The average Bonchev–Trinajstić information content (AvgIpc) is 1.97. The van der Waals surface area contributed by atoms with Gasteiger partial charge in [0.05, 0.1) is 13.0 Å². The van der Waals surface area contributed by atoms with E-state index in [1.807, 2.05) is 0 Å². The summed E-state index contributed by atoms with van der Waals surface area (Å²) in [6, 6.07) is 0. The molecule has 6 nitrogen and oxygen atoms in total. The minimum Gasteiger partial charge on any atom is -0.481 e. The number of hydrogen-bond donors (Lipinski definition) is 4. The molecule has 0 aromatic heterocycles. The Morgan fingerprint density at radius 1 is 1.45 bits per heavy atom. The molecular formula is C5H11N3O3. The van der Waals surface area contributed by atoms with Crippen molar-refractivity contribution in [3.8, 4) is 0 Å². The summed E-state index contributed by atoms with van der Waals surface area (Å²) in [6.45, 7) is 0.0845. The zero-order chi connectivity index (χ0) is 8.69. The predicted octanol–water partition coefficient (Wildman–Crippen LogP) is -1.96. The molecule has 5 N–H and O–H groups in total. The molecule has 0 spiro atoms. The van der Waals surface area contributed by atoms with E-state index in [-0.39, 0.29) is 25.4 Å². The highest BCUT2D eigenvalue weighted by Crippen LogP contribution is 1.71. The number of hydrogen-bond acceptors (Lipinski definition) is 4. The Morgan fingerprint density at radius 2 is 2.09 bits per heavy atom. The van der Waals surface area contributed by atoms with Crippen molar-refractivity contribution in [1.82, 2.24) is 10.9 Å². The number of carbonyl (C=O) groups is 2. The number of carbonyl (C=O) groups excluding carboxylic acids is 1. The maximum absolute atomic E-state index is 10.4. The zero-order valence-corrected chi connectivity index (χ0v) is 5.96. The quantitative estimate of drug-likeness (QED) is 0.277. The van der Waals surface area contributed by atoms with Crippen molar-refractivity contribution in [2.75, 3.05) is 13.1 Å². The highest BCUT2D eigenvalue weighted by molar-refractivity contribution is 5.77. The molecule has 0 atom stereocenters. The molecule has 11 heavy (non-hydrogen) atoms. The van der Waals surface area contributed by atoms with Gasteiger partial charge in [0, 0.05) is 6.54 Å². The number of carboxylic acid groups (broad SMARTS) is 1. The van der Waals surface area contributed by atoms with E-state index < -0.39 is 5.97 Å². The molecule has 0 bridgehead atoms. The van der Waals surface area contributed by atoms with Crippen LogP contribution in [0.3, 0.4) is 0 Å². The second-order valence-corrected chi connectivity index (χ2v) is 1.82. The monoisotopic (exact) mass is 161 g/mol. The molecule has 64 valence electrons. The number of nitrogens with two attached hydrogens (primary N) is 1. The number of aliphatic carboxylic acids is 1. The Labute approximate surface area is 63.7 Å². The fourth-order valence-corrected chi connectivity index (χ4v) is 0.382. The standard InChI is InChI=1S/C5H11N3O3/c6-3-4(9)8-7-2-1-5(10)11/h7H,1-3,6H2,(H,8,9)(H,10,11). The molecule has 0 heterocycles. The van der Waals surface area contributed by atoms with Crippen LogP contribution in [0.15, 0.2) is 0 Å². The minimum atomic E-state index is -0.917. The topological polar surface area (TPSA) is 104 Å². The van der Waals surface area contributed by atoms with Gasteiger partial charge in [-0.25, -0.2) is 5.43 Å². The Kier molecular flexibility index (Phi) is 5.05. The van der Waals surface area contributed by atoms with Gasteiger partial charge in [-0.05, 0) is 0 Å². The molecule has 1 amide bonds. The summed E-state index contributed by atoms with van der Waals surface area (Å²) in [5.41, 5.74) is 9.56. The molecule has 0 radical (unpaired) electrons. The minimum absolute atomic E-state index is 0.0369. The largest absolute Gasteiger partial charge is 0.481 e. The van der Waals surface area contributed by atoms with Gasteiger partial charge in [0.1, 0.15) is 0 Å². The Hall–Kier alpha value is -1.14. The lowest BCUT2D eigenvalue weighted by molar-refractivity contribution is -0.137. The fourth-order valence-electron chi connectivity index (χ4n) is 0.382. The van der Waals surface area contributed by atoms with E-state index in [2.05, 4.69) is 10.9 Å². The number of hydrazine groups is 1. The van der Waals surface area contributed by atoms with Crippen molar-refractivity contribution >= 4 is 11.9 Å². The van der Waals surface area contributed by atoms with Crippen LogP contribution in [0.5, 0.6) is 0 Å². The van der Waals surface area contributed by atoms with E-state index in [1.54, 1.807) is 0 Å². The highest BCUT2D eigenvalue weighted by atomic mass is 16.4. The average molecular weight is 161 g/mol. The molecule has 0 aromatic carbocycles. The van der Waals surface area contributed by atoms with Crippen LogP contribution in [-0.2, 0) is 9.59 Å². The lowest BCUT2D eigenvalue weighted by Crippen LogP contribution is -2.41. The van der Waals surface area contributed by atoms with Gasteiger partial charge in [0.2, 0.25) is 5.91 Å². The van der Waals surface area contributed by atoms with Crippen molar-refractivity contribution in [3.63, 3.8) is 0 Å². The van der Waals surface area contributed by atoms with Gasteiger partial charge in [-0.1, -0.05) is 0 Å². The molecule has 0 saturated heterocycles. The van der Waals surface area contributed by atoms with Crippen molar-refractivity contribution in [2.45, 2.75) is 6.42 Å². The van der Waals surface area contributed by atoms with Crippen LogP contribution in [-0.4, -0.2) is 30.1 Å². The van der Waals surface area contributed by atoms with Crippen LogP contribution in [0, 0.1) is 0 Å². The van der Waals surface area contributed by atoms with Gasteiger partial charge >= 0.3 is 5.97 Å². The van der Waals surface area contributed by atoms with Gasteiger partial charge in [-0.2, -0.15) is 0 Å². The van der Waals surface area contributed by atoms with E-state index in [9.17, 15) is 9.59 Å². The number of amides is 1. The molecule has 0 saturated carbocycles. The molecule has 0 unspecified atom stereocenters. The number of rotatable bonds is 5. The van der Waals surface area contributed by atoms with Crippen LogP contribution in [0.2, 0.25) is 0 Å². The maximum Gasteiger partial charge on any atom is 0.304 e. The van der Waals surface area contributed by atoms with E-state index in [1.165, 1.54) is 0 Å². The van der Waals surface area contributed by atoms with Crippen LogP contribution < -0.4 is 16.6 Å². The van der Waals surface area contributed by atoms with Crippen LogP contribution in [0.4, 0.5) is 0 Å². The summed E-state index contributed by atoms with van der Waals surface area (Å²) in [5, 5.41) is 8.16. The SMILES string of the molecule is NCC(=O)NNCCC(=O)O. The van der Waals surface area contributed by atoms with Gasteiger partial charge in [0.25, 0.3) is 0 Å². The maximum atomic E-state index is 10.4. The summed E-state index contributed by atoms with van der Waals surface area (Å²) >= 11 is 0. The first kappa shape index (κ1) is 9.86. The molecule has 0 aromatic rings. The smallest absolute Gasteiger partial charge is 0.304 e. The Morgan fingerprint density at radius 3 is 2.55 bits per heavy atom. The van der Waals surface area contributed by atoms with Gasteiger partial charge < -0.3 is 10.8 Å². The van der Waals surface area contributed by atoms with Crippen molar-refractivity contribution < 1.29 is 14.7 Å². The first-order valence-corrected chi connectivity index (χ1v) is 3.10. The molecule has 6 heteroatoms. The third-order valence-corrected chi connectivity index (χ3v) is 0.877. The summed E-state index contributed by atoms with van der Waals surface area (Å²) in [7, 11) is 0. The van der Waals surface area contributed by atoms with Gasteiger partial charge in [0.15, 0.2) is 0 Å². The lowest BCUT2D eigenvalue weighted by Gasteiger charge is -2.02. The predicted molar refractivity (Wildman–Crippen MR) is 37.5 cm³/mol. The van der Waals surface area contributed by atoms with Gasteiger partial charge in [-0.3, -0.25) is 15.0 Å². The van der Waals surface area contributed by atoms with Crippen molar-refractivity contribution in [2.24, 2.45) is 5.73 Å². The summed E-state index contributed by atoms with van der Waals surface area (Å²) < 4.78 is 0. The normalized spacial score (nSPS) is 9.18. The Bertz CT molecular complexity index is 148. The van der Waals surface area contributed by atoms with Crippen LogP contribution in [0.25, 0.3) is 0 Å².